The number of nitrogens with zero attached hydrogens (tertiary/aromatic N) is 2. The highest BCUT2D eigenvalue weighted by atomic mass is 32.2. The molecule has 37 heavy (non-hydrogen) atoms. The molecule has 194 valence electrons. The van der Waals surface area contributed by atoms with Crippen LogP contribution in [0.1, 0.15) is 35.0 Å². The van der Waals surface area contributed by atoms with Crippen LogP contribution in [0.2, 0.25) is 0 Å². The second-order valence-corrected chi connectivity index (χ2v) is 11.7. The number of halogens is 2. The molecule has 0 spiro atoms. The molecule has 2 aromatic heterocycles. The number of nitrogens with two attached hydrogens (primary N) is 1. The average molecular weight is 550 g/mol. The van der Waals surface area contributed by atoms with Crippen molar-refractivity contribution in [2.75, 3.05) is 10.5 Å². The van der Waals surface area contributed by atoms with E-state index < -0.39 is 48.7 Å². The van der Waals surface area contributed by atoms with Crippen LogP contribution in [-0.2, 0) is 20.0 Å². The van der Waals surface area contributed by atoms with Crippen LogP contribution >= 0.6 is 0 Å². The van der Waals surface area contributed by atoms with Gasteiger partial charge in [-0.15, -0.1) is 0 Å². The number of H-pyrrole nitrogens is 1. The Kier molecular flexibility index (Phi) is 6.83. The second kappa shape index (κ2) is 9.61. The first-order valence-corrected chi connectivity index (χ1v) is 14.0. The lowest BCUT2D eigenvalue weighted by molar-refractivity contribution is 0.102. The Morgan fingerprint density at radius 2 is 1.84 bits per heavy atom. The van der Waals surface area contributed by atoms with E-state index in [9.17, 15) is 26.0 Å². The molecule has 0 aliphatic rings. The molecule has 0 aliphatic carbocycles. The molecule has 0 saturated carbocycles. The van der Waals surface area contributed by atoms with Gasteiger partial charge in [-0.1, -0.05) is 13.0 Å². The number of sulfonamides is 2. The van der Waals surface area contributed by atoms with E-state index in [2.05, 4.69) is 15.2 Å². The molecule has 0 aliphatic heterocycles. The topological polar surface area (TPSA) is 165 Å². The summed E-state index contributed by atoms with van der Waals surface area (Å²) in [5, 5.41) is 11.7. The van der Waals surface area contributed by atoms with E-state index in [0.717, 1.165) is 12.1 Å². The summed E-state index contributed by atoms with van der Waals surface area (Å²) in [6, 6.07) is 7.41. The highest BCUT2D eigenvalue weighted by Crippen LogP contribution is 2.30. The molecule has 10 nitrogen and oxygen atoms in total. The van der Waals surface area contributed by atoms with Crippen LogP contribution in [0.15, 0.2) is 47.5 Å². The number of primary sulfonamides is 1. The van der Waals surface area contributed by atoms with E-state index in [1.807, 2.05) is 4.72 Å². The van der Waals surface area contributed by atoms with Gasteiger partial charge in [0.25, 0.3) is 0 Å². The molecule has 4 N–H and O–H groups in total. The Morgan fingerprint density at radius 3 is 2.49 bits per heavy atom. The molecule has 14 heteroatoms. The minimum Gasteiger partial charge on any atom is -0.287 e. The van der Waals surface area contributed by atoms with E-state index in [1.165, 1.54) is 30.5 Å². The molecule has 2 aromatic carbocycles. The largest absolute Gasteiger partial charge is 0.287 e. The second-order valence-electron chi connectivity index (χ2n) is 8.25. The Hall–Kier alpha value is -3.75. The first kappa shape index (κ1) is 26.3. The third-order valence-corrected chi connectivity index (χ3v) is 7.91. The summed E-state index contributed by atoms with van der Waals surface area (Å²) < 4.78 is 79.3. The van der Waals surface area contributed by atoms with E-state index in [0.29, 0.717) is 16.7 Å². The van der Waals surface area contributed by atoms with Crippen molar-refractivity contribution in [2.24, 2.45) is 5.14 Å². The van der Waals surface area contributed by atoms with Gasteiger partial charge in [0, 0.05) is 11.8 Å². The fraction of sp³-hybridized carbons (Fsp3) is 0.174. The maximum Gasteiger partial charge on any atom is 0.238 e. The standard InChI is InChI=1S/C23H21F2N5O5S2/c1-3-8-36(32,33)30-18-7-6-17(24)19(20(18)25)22(31)21-16-10-13(11-27-23(16)29-28-21)15-5-4-14(9-12(15)2)37(26,34)35/h4-7,9-11,30H,3,8H2,1-2H3,(H2,26,34,35)(H,27,28,29). The highest BCUT2D eigenvalue weighted by molar-refractivity contribution is 7.92. The highest BCUT2D eigenvalue weighted by Gasteiger charge is 2.27. The van der Waals surface area contributed by atoms with Crippen molar-refractivity contribution in [3.8, 4) is 11.1 Å². The number of hydrogen-bond acceptors (Lipinski definition) is 7. The lowest BCUT2D eigenvalue weighted by Crippen LogP contribution is -2.18. The monoisotopic (exact) mass is 549 g/mol. The van der Waals surface area contributed by atoms with Crippen molar-refractivity contribution in [2.45, 2.75) is 25.2 Å². The molecule has 4 rings (SSSR count). The van der Waals surface area contributed by atoms with Gasteiger partial charge < -0.3 is 0 Å². The molecular weight excluding hydrogens is 528 g/mol. The average Bonchev–Trinajstić information content (AvgIpc) is 3.23. The molecule has 0 radical (unpaired) electrons. The van der Waals surface area contributed by atoms with Crippen LogP contribution in [0.4, 0.5) is 14.5 Å². The van der Waals surface area contributed by atoms with Gasteiger partial charge in [-0.25, -0.2) is 35.7 Å². The van der Waals surface area contributed by atoms with Crippen molar-refractivity contribution in [1.29, 1.82) is 0 Å². The Bertz CT molecular complexity index is 1770. The molecule has 2 heterocycles. The fourth-order valence-corrected chi connectivity index (χ4v) is 5.54. The SMILES string of the molecule is CCCS(=O)(=O)Nc1ccc(F)c(C(=O)c2n[nH]c3ncc(-c4ccc(S(N)(=O)=O)cc4C)cc23)c1F. The molecule has 0 atom stereocenters. The molecule has 0 unspecified atom stereocenters. The van der Waals surface area contributed by atoms with Gasteiger partial charge in [0.1, 0.15) is 11.5 Å². The summed E-state index contributed by atoms with van der Waals surface area (Å²) in [5.74, 6) is -3.99. The number of aromatic nitrogens is 3. The lowest BCUT2D eigenvalue weighted by Gasteiger charge is -2.11. The van der Waals surface area contributed by atoms with E-state index >= 15 is 4.39 Å². The third-order valence-electron chi connectivity index (χ3n) is 5.53. The van der Waals surface area contributed by atoms with Crippen LogP contribution in [0.25, 0.3) is 22.2 Å². The number of carbonyl (C=O) groups excluding carboxylic acids is 1. The molecule has 0 bridgehead atoms. The van der Waals surface area contributed by atoms with Crippen LogP contribution in [0.5, 0.6) is 0 Å². The quantitative estimate of drug-likeness (QED) is 0.284. The third kappa shape index (κ3) is 5.21. The number of ketones is 1. The number of carbonyl (C=O) groups is 1. The number of pyridine rings is 1. The fourth-order valence-electron chi connectivity index (χ4n) is 3.81. The number of aryl methyl sites for hydroxylation is 1. The summed E-state index contributed by atoms with van der Waals surface area (Å²) in [7, 11) is -7.82. The minimum absolute atomic E-state index is 0.0812. The maximum atomic E-state index is 15.2. The Balaban J connectivity index is 1.79. The van der Waals surface area contributed by atoms with Crippen molar-refractivity contribution < 1.29 is 30.4 Å². The number of nitrogens with one attached hydrogen (secondary N) is 2. The van der Waals surface area contributed by atoms with Gasteiger partial charge in [-0.3, -0.25) is 14.6 Å². The molecule has 0 fully saturated rings. The molecule has 0 amide bonds. The maximum absolute atomic E-state index is 15.2. The predicted octanol–water partition coefficient (Wildman–Crippen LogP) is 3.24. The smallest absolute Gasteiger partial charge is 0.238 e. The van der Waals surface area contributed by atoms with Crippen molar-refractivity contribution in [3.05, 3.63) is 71.1 Å². The van der Waals surface area contributed by atoms with Gasteiger partial charge in [-0.05, 0) is 54.8 Å². The lowest BCUT2D eigenvalue weighted by atomic mass is 9.99. The summed E-state index contributed by atoms with van der Waals surface area (Å²) in [6.07, 6.45) is 1.72. The zero-order chi connectivity index (χ0) is 27.1. The number of fused-ring (bicyclic) bond motifs is 1. The van der Waals surface area contributed by atoms with E-state index in [4.69, 9.17) is 5.14 Å². The summed E-state index contributed by atoms with van der Waals surface area (Å²) in [5.41, 5.74) is -0.129. The predicted molar refractivity (Wildman–Crippen MR) is 133 cm³/mol. The summed E-state index contributed by atoms with van der Waals surface area (Å²) in [6.45, 7) is 3.28. The number of hydrogen-bond donors (Lipinski definition) is 3. The number of rotatable bonds is 8. The number of benzene rings is 2. The van der Waals surface area contributed by atoms with Crippen molar-refractivity contribution in [1.82, 2.24) is 15.2 Å². The van der Waals surface area contributed by atoms with Gasteiger partial charge >= 0.3 is 0 Å². The summed E-state index contributed by atoms with van der Waals surface area (Å²) in [4.78, 5) is 17.4. The summed E-state index contributed by atoms with van der Waals surface area (Å²) >= 11 is 0. The van der Waals surface area contributed by atoms with E-state index in [1.54, 1.807) is 13.8 Å². The normalized spacial score (nSPS) is 12.1. The first-order chi connectivity index (χ1) is 17.3. The van der Waals surface area contributed by atoms with Gasteiger partial charge in [0.05, 0.1) is 27.3 Å². The van der Waals surface area contributed by atoms with Gasteiger partial charge in [-0.2, -0.15) is 5.10 Å². The minimum atomic E-state index is -3.91. The number of aromatic amines is 1. The van der Waals surface area contributed by atoms with Crippen molar-refractivity contribution >= 4 is 42.6 Å². The number of anilines is 1. The van der Waals surface area contributed by atoms with Crippen LogP contribution in [0, 0.1) is 18.6 Å². The first-order valence-electron chi connectivity index (χ1n) is 10.8. The Labute approximate surface area is 211 Å². The zero-order valence-electron chi connectivity index (χ0n) is 19.5. The molecular formula is C23H21F2N5O5S2. The molecule has 0 saturated heterocycles. The van der Waals surface area contributed by atoms with Crippen LogP contribution in [0.3, 0.4) is 0 Å². The molecule has 4 aromatic rings. The van der Waals surface area contributed by atoms with Crippen molar-refractivity contribution in [3.63, 3.8) is 0 Å². The zero-order valence-corrected chi connectivity index (χ0v) is 21.2. The van der Waals surface area contributed by atoms with Gasteiger partial charge in [0.2, 0.25) is 25.8 Å². The Morgan fingerprint density at radius 1 is 1.11 bits per heavy atom. The van der Waals surface area contributed by atoms with Crippen LogP contribution in [-0.4, -0.2) is 43.6 Å². The van der Waals surface area contributed by atoms with Crippen LogP contribution < -0.4 is 9.86 Å². The van der Waals surface area contributed by atoms with E-state index in [-0.39, 0.29) is 33.8 Å². The van der Waals surface area contributed by atoms with Gasteiger partial charge in [0.15, 0.2) is 11.5 Å².